The van der Waals surface area contributed by atoms with Crippen LogP contribution >= 0.6 is 0 Å². The molecule has 0 bridgehead atoms. The Morgan fingerprint density at radius 3 is 2.43 bits per heavy atom. The van der Waals surface area contributed by atoms with Crippen molar-refractivity contribution in [2.24, 2.45) is 5.92 Å². The van der Waals surface area contributed by atoms with Gasteiger partial charge in [-0.3, -0.25) is 4.79 Å². The highest BCUT2D eigenvalue weighted by Crippen LogP contribution is 2.27. The van der Waals surface area contributed by atoms with E-state index in [0.717, 1.165) is 44.9 Å². The minimum Gasteiger partial charge on any atom is -0.508 e. The first-order valence-electron chi connectivity index (χ1n) is 10.6. The average molecular weight is 409 g/mol. The maximum absolute atomic E-state index is 13.1. The number of aromatic hydroxyl groups is 1. The van der Waals surface area contributed by atoms with E-state index in [1.54, 1.807) is 0 Å². The van der Waals surface area contributed by atoms with Gasteiger partial charge in [-0.1, -0.05) is 44.6 Å². The molecule has 3 rings (SSSR count). The van der Waals surface area contributed by atoms with Crippen molar-refractivity contribution in [1.29, 1.82) is 0 Å². The van der Waals surface area contributed by atoms with Crippen molar-refractivity contribution in [3.8, 4) is 5.75 Å². The van der Waals surface area contributed by atoms with Crippen LogP contribution in [0.4, 0.5) is 0 Å². The van der Waals surface area contributed by atoms with Gasteiger partial charge in [0.25, 0.3) is 0 Å². The first kappa shape index (κ1) is 21.1. The highest BCUT2D eigenvalue weighted by atomic mass is 32.2. The Labute approximate surface area is 168 Å². The number of phenolic OH excluding ortho intramolecular Hbond substituents is 1. The number of hydrogen-bond acceptors (Lipinski definition) is 4. The summed E-state index contributed by atoms with van der Waals surface area (Å²) >= 11 is 0. The molecule has 28 heavy (non-hydrogen) atoms. The van der Waals surface area contributed by atoms with Crippen LogP contribution in [0.1, 0.15) is 64.2 Å². The van der Waals surface area contributed by atoms with Gasteiger partial charge in [-0.25, -0.2) is 8.42 Å². The van der Waals surface area contributed by atoms with E-state index in [1.165, 1.54) is 47.8 Å². The molecular formula is C21H32N2O4S. The molecule has 1 atom stereocenters. The van der Waals surface area contributed by atoms with Crippen molar-refractivity contribution in [2.45, 2.75) is 75.1 Å². The molecule has 0 spiro atoms. The lowest BCUT2D eigenvalue weighted by Crippen LogP contribution is -2.50. The van der Waals surface area contributed by atoms with Crippen molar-refractivity contribution in [3.63, 3.8) is 0 Å². The molecule has 1 aromatic carbocycles. The summed E-state index contributed by atoms with van der Waals surface area (Å²) in [7, 11) is -3.70. The van der Waals surface area contributed by atoms with E-state index in [1.807, 2.05) is 0 Å². The van der Waals surface area contributed by atoms with Crippen molar-refractivity contribution in [2.75, 3.05) is 13.1 Å². The minimum absolute atomic E-state index is 0.0556. The maximum atomic E-state index is 13.1. The molecule has 156 valence electrons. The van der Waals surface area contributed by atoms with Gasteiger partial charge in [0.1, 0.15) is 5.75 Å². The van der Waals surface area contributed by atoms with Crippen LogP contribution in [0.3, 0.4) is 0 Å². The fraction of sp³-hybridized carbons (Fsp3) is 0.667. The van der Waals surface area contributed by atoms with E-state index in [-0.39, 0.29) is 28.5 Å². The summed E-state index contributed by atoms with van der Waals surface area (Å²) in [6, 6.07) is 5.56. The molecule has 1 saturated carbocycles. The predicted molar refractivity (Wildman–Crippen MR) is 108 cm³/mol. The second-order valence-corrected chi connectivity index (χ2v) is 9.94. The van der Waals surface area contributed by atoms with Gasteiger partial charge in [0.05, 0.1) is 4.90 Å². The normalized spacial score (nSPS) is 22.9. The number of benzene rings is 1. The van der Waals surface area contributed by atoms with Gasteiger partial charge in [-0.2, -0.15) is 4.31 Å². The molecule has 2 N–H and O–H groups in total. The van der Waals surface area contributed by atoms with Crippen LogP contribution in [0.25, 0.3) is 0 Å². The maximum Gasteiger partial charge on any atom is 0.243 e. The van der Waals surface area contributed by atoms with Crippen molar-refractivity contribution in [1.82, 2.24) is 9.62 Å². The van der Waals surface area contributed by atoms with Crippen LogP contribution in [0.5, 0.6) is 5.75 Å². The number of nitrogens with one attached hydrogen (secondary N) is 1. The Hall–Kier alpha value is -1.60. The quantitative estimate of drug-likeness (QED) is 0.782. The van der Waals surface area contributed by atoms with Crippen LogP contribution in [-0.4, -0.2) is 42.9 Å². The summed E-state index contributed by atoms with van der Waals surface area (Å²) in [5.74, 6) is 0.0643. The topological polar surface area (TPSA) is 86.7 Å². The Bertz CT molecular complexity index is 757. The largest absolute Gasteiger partial charge is 0.508 e. The molecule has 1 aliphatic carbocycles. The molecule has 0 aromatic heterocycles. The zero-order valence-electron chi connectivity index (χ0n) is 16.5. The first-order chi connectivity index (χ1) is 13.5. The number of phenols is 1. The highest BCUT2D eigenvalue weighted by molar-refractivity contribution is 7.89. The van der Waals surface area contributed by atoms with Gasteiger partial charge in [0.2, 0.25) is 15.9 Å². The van der Waals surface area contributed by atoms with Crippen LogP contribution in [-0.2, 0) is 14.8 Å². The number of carbonyl (C=O) groups is 1. The Balaban J connectivity index is 1.65. The molecule has 7 heteroatoms. The Kier molecular flexibility index (Phi) is 7.35. The first-order valence-corrected chi connectivity index (χ1v) is 12.0. The van der Waals surface area contributed by atoms with Gasteiger partial charge < -0.3 is 10.4 Å². The van der Waals surface area contributed by atoms with E-state index in [2.05, 4.69) is 5.32 Å². The molecule has 1 heterocycles. The number of sulfonamides is 1. The SMILES string of the molecule is O=C(NCC1CCCCN1S(=O)(=O)c1cccc(O)c1)C1CCCCCCC1. The molecule has 1 saturated heterocycles. The second-order valence-electron chi connectivity index (χ2n) is 8.05. The van der Waals surface area contributed by atoms with Gasteiger partial charge in [-0.05, 0) is 43.9 Å². The zero-order valence-corrected chi connectivity index (χ0v) is 17.3. The molecular weight excluding hydrogens is 376 g/mol. The number of rotatable bonds is 5. The lowest BCUT2D eigenvalue weighted by molar-refractivity contribution is -0.125. The second kappa shape index (κ2) is 9.74. The van der Waals surface area contributed by atoms with E-state index in [0.29, 0.717) is 13.1 Å². The number of amides is 1. The Morgan fingerprint density at radius 2 is 1.71 bits per heavy atom. The van der Waals surface area contributed by atoms with E-state index in [9.17, 15) is 18.3 Å². The molecule has 2 fully saturated rings. The molecule has 6 nitrogen and oxygen atoms in total. The van der Waals surface area contributed by atoms with Crippen molar-refractivity contribution in [3.05, 3.63) is 24.3 Å². The fourth-order valence-electron chi connectivity index (χ4n) is 4.35. The van der Waals surface area contributed by atoms with Gasteiger partial charge >= 0.3 is 0 Å². The van der Waals surface area contributed by atoms with Gasteiger partial charge in [0.15, 0.2) is 0 Å². The molecule has 1 unspecified atom stereocenters. The van der Waals surface area contributed by atoms with E-state index < -0.39 is 10.0 Å². The summed E-state index contributed by atoms with van der Waals surface area (Å²) in [6.45, 7) is 0.801. The summed E-state index contributed by atoms with van der Waals surface area (Å²) in [5, 5.41) is 12.7. The van der Waals surface area contributed by atoms with Crippen LogP contribution in [0.2, 0.25) is 0 Å². The molecule has 1 aliphatic heterocycles. The van der Waals surface area contributed by atoms with Crippen LogP contribution in [0.15, 0.2) is 29.2 Å². The molecule has 2 aliphatic rings. The lowest BCUT2D eigenvalue weighted by atomic mass is 9.90. The van der Waals surface area contributed by atoms with E-state index in [4.69, 9.17) is 0 Å². The number of carbonyl (C=O) groups excluding carboxylic acids is 1. The summed E-state index contributed by atoms with van der Waals surface area (Å²) in [5.41, 5.74) is 0. The zero-order chi connectivity index (χ0) is 20.0. The Morgan fingerprint density at radius 1 is 1.04 bits per heavy atom. The standard InChI is InChI=1S/C21H32N2O4S/c24-19-12-8-13-20(15-19)28(26,27)23-14-7-6-11-18(23)16-22-21(25)17-9-4-2-1-3-5-10-17/h8,12-13,15,17-18,24H,1-7,9-11,14,16H2,(H,22,25). The summed E-state index contributed by atoms with van der Waals surface area (Å²) < 4.78 is 27.7. The fourth-order valence-corrected chi connectivity index (χ4v) is 6.09. The third-order valence-corrected chi connectivity index (χ3v) is 7.93. The van der Waals surface area contributed by atoms with Crippen molar-refractivity contribution < 1.29 is 18.3 Å². The molecule has 1 amide bonds. The highest BCUT2D eigenvalue weighted by Gasteiger charge is 2.34. The van der Waals surface area contributed by atoms with E-state index >= 15 is 0 Å². The average Bonchev–Trinajstić information content (AvgIpc) is 2.66. The molecule has 0 radical (unpaired) electrons. The minimum atomic E-state index is -3.70. The third kappa shape index (κ3) is 5.26. The summed E-state index contributed by atoms with van der Waals surface area (Å²) in [4.78, 5) is 12.8. The number of hydrogen-bond donors (Lipinski definition) is 2. The predicted octanol–water partition coefficient (Wildman–Crippen LogP) is 3.41. The monoisotopic (exact) mass is 408 g/mol. The van der Waals surface area contributed by atoms with Crippen LogP contribution < -0.4 is 5.32 Å². The number of piperidine rings is 1. The summed E-state index contributed by atoms with van der Waals surface area (Å²) in [6.07, 6.45) is 10.2. The lowest BCUT2D eigenvalue weighted by Gasteiger charge is -2.35. The van der Waals surface area contributed by atoms with Gasteiger partial charge in [-0.15, -0.1) is 0 Å². The third-order valence-electron chi connectivity index (χ3n) is 5.99. The smallest absolute Gasteiger partial charge is 0.243 e. The molecule has 1 aromatic rings. The number of nitrogens with zero attached hydrogens (tertiary/aromatic N) is 1. The van der Waals surface area contributed by atoms with Gasteiger partial charge in [0, 0.05) is 25.0 Å². The van der Waals surface area contributed by atoms with Crippen LogP contribution in [0, 0.1) is 5.92 Å². The van der Waals surface area contributed by atoms with Crippen molar-refractivity contribution >= 4 is 15.9 Å².